The first kappa shape index (κ1) is 16.0. The molecule has 0 spiro atoms. The summed E-state index contributed by atoms with van der Waals surface area (Å²) < 4.78 is 5.91. The lowest BCUT2D eigenvalue weighted by atomic mass is 10.1. The molecular weight excluding hydrogens is 314 g/mol. The molecule has 0 bridgehead atoms. The summed E-state index contributed by atoms with van der Waals surface area (Å²) in [5.74, 6) is 0.742. The number of para-hydroxylation sites is 1. The molecule has 0 saturated carbocycles. The maximum Gasteiger partial charge on any atom is 0.258 e. The van der Waals surface area contributed by atoms with Gasteiger partial charge in [0, 0.05) is 26.1 Å². The zero-order chi connectivity index (χ0) is 17.1. The number of ether oxygens (including phenoxy) is 1. The molecule has 2 heterocycles. The van der Waals surface area contributed by atoms with Gasteiger partial charge in [0.25, 0.3) is 5.56 Å². The van der Waals surface area contributed by atoms with Crippen molar-refractivity contribution in [2.24, 2.45) is 0 Å². The predicted molar refractivity (Wildman–Crippen MR) is 97.6 cm³/mol. The van der Waals surface area contributed by atoms with Gasteiger partial charge in [-0.3, -0.25) is 9.69 Å². The van der Waals surface area contributed by atoms with Crippen LogP contribution in [0, 0.1) is 0 Å². The summed E-state index contributed by atoms with van der Waals surface area (Å²) in [4.78, 5) is 22.0. The Kier molecular flexibility index (Phi) is 4.59. The van der Waals surface area contributed by atoms with Crippen LogP contribution in [-0.4, -0.2) is 41.1 Å². The van der Waals surface area contributed by atoms with Gasteiger partial charge in [-0.2, -0.15) is 0 Å². The highest BCUT2D eigenvalue weighted by Gasteiger charge is 2.21. The molecular formula is C20H21N3O2. The number of hydrogen-bond donors (Lipinski definition) is 1. The molecule has 1 saturated heterocycles. The van der Waals surface area contributed by atoms with Gasteiger partial charge in [-0.15, -0.1) is 0 Å². The minimum atomic E-state index is -0.0651. The standard InChI is InChI=1S/C20H21N3O2/c24-20-16-8-4-5-9-17(16)21-19(22-20)10-11-23-12-13-25-18(14-23)15-6-2-1-3-7-15/h1-9,18H,10-14H2,(H,21,22,24)/t18-/m0/s1. The summed E-state index contributed by atoms with van der Waals surface area (Å²) in [6.07, 6.45) is 0.834. The summed E-state index contributed by atoms with van der Waals surface area (Å²) >= 11 is 0. The molecule has 25 heavy (non-hydrogen) atoms. The average Bonchev–Trinajstić information content (AvgIpc) is 2.67. The van der Waals surface area contributed by atoms with Crippen molar-refractivity contribution in [3.05, 3.63) is 76.3 Å². The summed E-state index contributed by atoms with van der Waals surface area (Å²) in [6.45, 7) is 3.35. The van der Waals surface area contributed by atoms with E-state index in [0.29, 0.717) is 5.39 Å². The van der Waals surface area contributed by atoms with Gasteiger partial charge < -0.3 is 9.72 Å². The van der Waals surface area contributed by atoms with Crippen molar-refractivity contribution in [3.8, 4) is 0 Å². The Balaban J connectivity index is 1.43. The maximum atomic E-state index is 12.2. The molecule has 1 atom stereocenters. The van der Waals surface area contributed by atoms with E-state index in [1.807, 2.05) is 36.4 Å². The molecule has 0 unspecified atom stereocenters. The van der Waals surface area contributed by atoms with E-state index in [2.05, 4.69) is 27.0 Å². The van der Waals surface area contributed by atoms with Crippen LogP contribution >= 0.6 is 0 Å². The van der Waals surface area contributed by atoms with Crippen LogP contribution < -0.4 is 5.56 Å². The van der Waals surface area contributed by atoms with Crippen LogP contribution in [0.3, 0.4) is 0 Å². The van der Waals surface area contributed by atoms with Crippen LogP contribution in [0.1, 0.15) is 17.5 Å². The molecule has 1 aliphatic rings. The number of fused-ring (bicyclic) bond motifs is 1. The number of morpholine rings is 1. The van der Waals surface area contributed by atoms with Crippen LogP contribution in [-0.2, 0) is 11.2 Å². The Morgan fingerprint density at radius 3 is 2.80 bits per heavy atom. The second-order valence-electron chi connectivity index (χ2n) is 6.35. The van der Waals surface area contributed by atoms with Crippen molar-refractivity contribution in [1.82, 2.24) is 14.9 Å². The van der Waals surface area contributed by atoms with Crippen molar-refractivity contribution >= 4 is 10.9 Å². The number of aromatic amines is 1. The van der Waals surface area contributed by atoms with Gasteiger partial charge in [0.1, 0.15) is 5.82 Å². The highest BCUT2D eigenvalue weighted by molar-refractivity contribution is 5.77. The molecule has 5 heteroatoms. The van der Waals surface area contributed by atoms with Gasteiger partial charge in [-0.05, 0) is 17.7 Å². The quantitative estimate of drug-likeness (QED) is 0.796. The average molecular weight is 335 g/mol. The maximum absolute atomic E-state index is 12.2. The van der Waals surface area contributed by atoms with E-state index in [4.69, 9.17) is 4.74 Å². The molecule has 0 aliphatic carbocycles. The summed E-state index contributed by atoms with van der Waals surface area (Å²) in [6, 6.07) is 17.8. The van der Waals surface area contributed by atoms with Crippen LogP contribution in [0.4, 0.5) is 0 Å². The highest BCUT2D eigenvalue weighted by Crippen LogP contribution is 2.21. The Morgan fingerprint density at radius 2 is 1.92 bits per heavy atom. The molecule has 0 amide bonds. The Bertz CT molecular complexity index is 907. The summed E-state index contributed by atoms with van der Waals surface area (Å²) in [5, 5.41) is 0.641. The number of aromatic nitrogens is 2. The van der Waals surface area contributed by atoms with E-state index in [-0.39, 0.29) is 11.7 Å². The number of rotatable bonds is 4. The highest BCUT2D eigenvalue weighted by atomic mass is 16.5. The smallest absolute Gasteiger partial charge is 0.258 e. The third-order valence-corrected chi connectivity index (χ3v) is 4.65. The number of H-pyrrole nitrogens is 1. The molecule has 128 valence electrons. The van der Waals surface area contributed by atoms with Crippen LogP contribution in [0.2, 0.25) is 0 Å². The monoisotopic (exact) mass is 335 g/mol. The van der Waals surface area contributed by atoms with Crippen molar-refractivity contribution in [3.63, 3.8) is 0 Å². The first-order valence-electron chi connectivity index (χ1n) is 8.66. The van der Waals surface area contributed by atoms with Gasteiger partial charge >= 0.3 is 0 Å². The number of benzene rings is 2. The number of nitrogens with one attached hydrogen (secondary N) is 1. The normalized spacial score (nSPS) is 18.5. The van der Waals surface area contributed by atoms with Gasteiger partial charge in [0.2, 0.25) is 0 Å². The van der Waals surface area contributed by atoms with E-state index >= 15 is 0 Å². The third-order valence-electron chi connectivity index (χ3n) is 4.65. The fourth-order valence-corrected chi connectivity index (χ4v) is 3.29. The van der Waals surface area contributed by atoms with Gasteiger partial charge in [-0.25, -0.2) is 4.98 Å². The SMILES string of the molecule is O=c1[nH]c(CCN2CCO[C@H](c3ccccc3)C2)nc2ccccc12. The van der Waals surface area contributed by atoms with Crippen molar-refractivity contribution in [2.45, 2.75) is 12.5 Å². The minimum Gasteiger partial charge on any atom is -0.371 e. The fraction of sp³-hybridized carbons (Fsp3) is 0.300. The largest absolute Gasteiger partial charge is 0.371 e. The van der Waals surface area contributed by atoms with Crippen molar-refractivity contribution in [1.29, 1.82) is 0 Å². The van der Waals surface area contributed by atoms with Gasteiger partial charge in [-0.1, -0.05) is 42.5 Å². The topological polar surface area (TPSA) is 58.2 Å². The Morgan fingerprint density at radius 1 is 1.12 bits per heavy atom. The molecule has 5 nitrogen and oxygen atoms in total. The molecule has 1 fully saturated rings. The molecule has 2 aromatic carbocycles. The van der Waals surface area contributed by atoms with E-state index in [1.165, 1.54) is 5.56 Å². The van der Waals surface area contributed by atoms with Crippen molar-refractivity contribution < 1.29 is 4.74 Å². The minimum absolute atomic E-state index is 0.0651. The Labute approximate surface area is 146 Å². The fourth-order valence-electron chi connectivity index (χ4n) is 3.29. The zero-order valence-electron chi connectivity index (χ0n) is 14.0. The van der Waals surface area contributed by atoms with E-state index in [9.17, 15) is 4.79 Å². The first-order valence-corrected chi connectivity index (χ1v) is 8.66. The van der Waals surface area contributed by atoms with Gasteiger partial charge in [0.05, 0.1) is 23.6 Å². The molecule has 1 aliphatic heterocycles. The molecule has 3 aromatic rings. The lowest BCUT2D eigenvalue weighted by Crippen LogP contribution is -2.39. The predicted octanol–water partition coefficient (Wildman–Crippen LogP) is 2.54. The van der Waals surface area contributed by atoms with Gasteiger partial charge in [0.15, 0.2) is 0 Å². The lowest BCUT2D eigenvalue weighted by Gasteiger charge is -2.33. The second kappa shape index (κ2) is 7.17. The first-order chi connectivity index (χ1) is 12.3. The molecule has 4 rings (SSSR count). The van der Waals surface area contributed by atoms with Crippen LogP contribution in [0.25, 0.3) is 10.9 Å². The summed E-state index contributed by atoms with van der Waals surface area (Å²) in [5.41, 5.74) is 1.90. The summed E-state index contributed by atoms with van der Waals surface area (Å²) in [7, 11) is 0. The molecule has 1 N–H and O–H groups in total. The van der Waals surface area contributed by atoms with Crippen LogP contribution in [0.15, 0.2) is 59.4 Å². The van der Waals surface area contributed by atoms with E-state index in [1.54, 1.807) is 6.07 Å². The van der Waals surface area contributed by atoms with Crippen LogP contribution in [0.5, 0.6) is 0 Å². The van der Waals surface area contributed by atoms with E-state index < -0.39 is 0 Å². The second-order valence-corrected chi connectivity index (χ2v) is 6.35. The Hall–Kier alpha value is -2.50. The number of hydrogen-bond acceptors (Lipinski definition) is 4. The van der Waals surface area contributed by atoms with Crippen molar-refractivity contribution in [2.75, 3.05) is 26.2 Å². The van der Waals surface area contributed by atoms with E-state index in [0.717, 1.165) is 44.0 Å². The molecule has 0 radical (unpaired) electrons. The lowest BCUT2D eigenvalue weighted by molar-refractivity contribution is -0.0296. The number of nitrogens with zero attached hydrogens (tertiary/aromatic N) is 2. The third kappa shape index (κ3) is 3.62. The zero-order valence-corrected chi connectivity index (χ0v) is 14.0. The molecule has 1 aromatic heterocycles.